The lowest BCUT2D eigenvalue weighted by molar-refractivity contribution is -0.385. The highest BCUT2D eigenvalue weighted by Crippen LogP contribution is 2.16. The maximum absolute atomic E-state index is 10.4. The number of hydrogen-bond acceptors (Lipinski definition) is 4. The maximum Gasteiger partial charge on any atom is 0.306 e. The minimum Gasteiger partial charge on any atom is -0.381 e. The lowest BCUT2D eigenvalue weighted by atomic mass is 10.1. The predicted molar refractivity (Wildman–Crippen MR) is 47.8 cm³/mol. The molecule has 0 saturated carbocycles. The van der Waals surface area contributed by atoms with Gasteiger partial charge in [0.05, 0.1) is 11.5 Å². The summed E-state index contributed by atoms with van der Waals surface area (Å²) in [5.41, 5.74) is 0.0453. The lowest BCUT2D eigenvalue weighted by Gasteiger charge is -2.05. The molecule has 0 aliphatic carbocycles. The van der Waals surface area contributed by atoms with E-state index in [2.05, 4.69) is 5.10 Å². The molecule has 2 heterocycles. The Morgan fingerprint density at radius 1 is 1.79 bits per heavy atom. The van der Waals surface area contributed by atoms with Gasteiger partial charge >= 0.3 is 5.69 Å². The van der Waals surface area contributed by atoms with E-state index >= 15 is 0 Å². The van der Waals surface area contributed by atoms with Crippen LogP contribution >= 0.6 is 0 Å². The quantitative estimate of drug-likeness (QED) is 0.531. The first kappa shape index (κ1) is 9.14. The minimum absolute atomic E-state index is 0.0453. The smallest absolute Gasteiger partial charge is 0.306 e. The van der Waals surface area contributed by atoms with E-state index in [1.807, 2.05) is 0 Å². The Kier molecular flexibility index (Phi) is 2.45. The first-order valence-corrected chi connectivity index (χ1v) is 4.50. The molecule has 1 fully saturated rings. The molecule has 0 spiro atoms. The molecule has 1 unspecified atom stereocenters. The first-order chi connectivity index (χ1) is 6.75. The van der Waals surface area contributed by atoms with Crippen molar-refractivity contribution in [2.45, 2.75) is 13.0 Å². The molecular weight excluding hydrogens is 186 g/mol. The SMILES string of the molecule is O=[N+]([O-])c1cnn(CC2CCOC2)c1. The highest BCUT2D eigenvalue weighted by atomic mass is 16.6. The van der Waals surface area contributed by atoms with Gasteiger partial charge in [-0.1, -0.05) is 0 Å². The summed E-state index contributed by atoms with van der Waals surface area (Å²) in [5.74, 6) is 0.439. The first-order valence-electron chi connectivity index (χ1n) is 4.50. The fourth-order valence-electron chi connectivity index (χ4n) is 1.54. The molecule has 1 aliphatic rings. The second-order valence-corrected chi connectivity index (χ2v) is 3.41. The van der Waals surface area contributed by atoms with Crippen LogP contribution in [0.5, 0.6) is 0 Å². The van der Waals surface area contributed by atoms with Gasteiger partial charge in [0.25, 0.3) is 0 Å². The number of nitro groups is 1. The van der Waals surface area contributed by atoms with Crippen LogP contribution in [0.2, 0.25) is 0 Å². The monoisotopic (exact) mass is 197 g/mol. The van der Waals surface area contributed by atoms with Crippen LogP contribution in [-0.4, -0.2) is 27.9 Å². The van der Waals surface area contributed by atoms with Gasteiger partial charge in [0.1, 0.15) is 12.4 Å². The molecule has 1 aromatic rings. The Balaban J connectivity index is 1.98. The van der Waals surface area contributed by atoms with Crippen LogP contribution in [0.1, 0.15) is 6.42 Å². The van der Waals surface area contributed by atoms with Crippen molar-refractivity contribution in [2.75, 3.05) is 13.2 Å². The third-order valence-electron chi connectivity index (χ3n) is 2.30. The predicted octanol–water partition coefficient (Wildman–Crippen LogP) is 0.828. The standard InChI is InChI=1S/C8H11N3O3/c12-11(13)8-3-9-10(5-8)4-7-1-2-14-6-7/h3,5,7H,1-2,4,6H2. The summed E-state index contributed by atoms with van der Waals surface area (Å²) in [6.45, 7) is 2.22. The Bertz CT molecular complexity index is 330. The van der Waals surface area contributed by atoms with E-state index in [1.54, 1.807) is 4.68 Å². The zero-order valence-corrected chi connectivity index (χ0v) is 7.63. The van der Waals surface area contributed by atoms with E-state index in [9.17, 15) is 10.1 Å². The molecule has 1 aliphatic heterocycles. The second-order valence-electron chi connectivity index (χ2n) is 3.41. The molecule has 2 rings (SSSR count). The van der Waals surface area contributed by atoms with Crippen LogP contribution < -0.4 is 0 Å². The third-order valence-corrected chi connectivity index (χ3v) is 2.30. The van der Waals surface area contributed by atoms with Crippen molar-refractivity contribution in [1.82, 2.24) is 9.78 Å². The Labute approximate surface area is 80.6 Å². The highest BCUT2D eigenvalue weighted by Gasteiger charge is 2.17. The maximum atomic E-state index is 10.4. The molecule has 1 atom stereocenters. The molecular formula is C8H11N3O3. The van der Waals surface area contributed by atoms with Gasteiger partial charge in [0, 0.05) is 19.1 Å². The number of rotatable bonds is 3. The van der Waals surface area contributed by atoms with E-state index in [0.717, 1.165) is 19.6 Å². The fourth-order valence-corrected chi connectivity index (χ4v) is 1.54. The molecule has 0 aromatic carbocycles. The van der Waals surface area contributed by atoms with Crippen LogP contribution in [0.15, 0.2) is 12.4 Å². The molecule has 1 aromatic heterocycles. The molecule has 0 bridgehead atoms. The van der Waals surface area contributed by atoms with Crippen LogP contribution in [0, 0.1) is 16.0 Å². The average molecular weight is 197 g/mol. The zero-order chi connectivity index (χ0) is 9.97. The van der Waals surface area contributed by atoms with Gasteiger partial charge in [-0.25, -0.2) is 0 Å². The van der Waals surface area contributed by atoms with Crippen molar-refractivity contribution in [1.29, 1.82) is 0 Å². The Morgan fingerprint density at radius 2 is 2.64 bits per heavy atom. The number of nitrogens with zero attached hydrogens (tertiary/aromatic N) is 3. The van der Waals surface area contributed by atoms with Crippen LogP contribution in [0.3, 0.4) is 0 Å². The van der Waals surface area contributed by atoms with Crippen molar-refractivity contribution in [2.24, 2.45) is 5.92 Å². The summed E-state index contributed by atoms with van der Waals surface area (Å²) in [5, 5.41) is 14.3. The average Bonchev–Trinajstić information content (AvgIpc) is 2.75. The normalized spacial score (nSPS) is 21.3. The zero-order valence-electron chi connectivity index (χ0n) is 7.63. The van der Waals surface area contributed by atoms with E-state index in [1.165, 1.54) is 12.4 Å². The van der Waals surface area contributed by atoms with E-state index in [0.29, 0.717) is 12.5 Å². The Hall–Kier alpha value is -1.43. The van der Waals surface area contributed by atoms with E-state index in [4.69, 9.17) is 4.74 Å². The highest BCUT2D eigenvalue weighted by molar-refractivity contribution is 5.20. The molecule has 1 saturated heterocycles. The molecule has 0 N–H and O–H groups in total. The lowest BCUT2D eigenvalue weighted by Crippen LogP contribution is -2.10. The molecule has 6 nitrogen and oxygen atoms in total. The largest absolute Gasteiger partial charge is 0.381 e. The summed E-state index contributed by atoms with van der Waals surface area (Å²) in [6.07, 6.45) is 3.74. The number of hydrogen-bond donors (Lipinski definition) is 0. The fraction of sp³-hybridized carbons (Fsp3) is 0.625. The molecule has 76 valence electrons. The molecule has 14 heavy (non-hydrogen) atoms. The third kappa shape index (κ3) is 1.90. The second kappa shape index (κ2) is 3.75. The van der Waals surface area contributed by atoms with Crippen LogP contribution in [-0.2, 0) is 11.3 Å². The van der Waals surface area contributed by atoms with Gasteiger partial charge in [-0.05, 0) is 6.42 Å². The van der Waals surface area contributed by atoms with Gasteiger partial charge < -0.3 is 4.74 Å². The van der Waals surface area contributed by atoms with Crippen molar-refractivity contribution in [3.05, 3.63) is 22.5 Å². The summed E-state index contributed by atoms with van der Waals surface area (Å²) < 4.78 is 6.82. The van der Waals surface area contributed by atoms with Gasteiger partial charge in [-0.3, -0.25) is 14.8 Å². The molecule has 0 radical (unpaired) electrons. The molecule has 6 heteroatoms. The van der Waals surface area contributed by atoms with E-state index < -0.39 is 4.92 Å². The van der Waals surface area contributed by atoms with Crippen molar-refractivity contribution < 1.29 is 9.66 Å². The van der Waals surface area contributed by atoms with E-state index in [-0.39, 0.29) is 5.69 Å². The summed E-state index contributed by atoms with van der Waals surface area (Å²) in [4.78, 5) is 9.94. The Morgan fingerprint density at radius 3 is 3.21 bits per heavy atom. The van der Waals surface area contributed by atoms with Crippen LogP contribution in [0.4, 0.5) is 5.69 Å². The molecule has 0 amide bonds. The van der Waals surface area contributed by atoms with Crippen molar-refractivity contribution >= 4 is 5.69 Å². The van der Waals surface area contributed by atoms with Gasteiger partial charge in [-0.15, -0.1) is 0 Å². The summed E-state index contributed by atoms with van der Waals surface area (Å²) >= 11 is 0. The van der Waals surface area contributed by atoms with Crippen LogP contribution in [0.25, 0.3) is 0 Å². The minimum atomic E-state index is -0.436. The summed E-state index contributed by atoms with van der Waals surface area (Å²) in [7, 11) is 0. The van der Waals surface area contributed by atoms with Crippen molar-refractivity contribution in [3.8, 4) is 0 Å². The summed E-state index contributed by atoms with van der Waals surface area (Å²) in [6, 6.07) is 0. The number of ether oxygens (including phenoxy) is 1. The van der Waals surface area contributed by atoms with Gasteiger partial charge in [0.2, 0.25) is 0 Å². The number of aromatic nitrogens is 2. The van der Waals surface area contributed by atoms with Gasteiger partial charge in [-0.2, -0.15) is 5.10 Å². The van der Waals surface area contributed by atoms with Gasteiger partial charge in [0.15, 0.2) is 0 Å². The van der Waals surface area contributed by atoms with Crippen molar-refractivity contribution in [3.63, 3.8) is 0 Å². The topological polar surface area (TPSA) is 70.2 Å².